The van der Waals surface area contributed by atoms with Gasteiger partial charge in [0.2, 0.25) is 0 Å². The van der Waals surface area contributed by atoms with Crippen molar-refractivity contribution >= 4 is 11.6 Å². The van der Waals surface area contributed by atoms with E-state index in [1.165, 1.54) is 0 Å². The van der Waals surface area contributed by atoms with E-state index in [0.29, 0.717) is 6.54 Å². The first-order chi connectivity index (χ1) is 10.0. The van der Waals surface area contributed by atoms with Gasteiger partial charge in [0, 0.05) is 19.2 Å². The number of anilines is 2. The summed E-state index contributed by atoms with van der Waals surface area (Å²) in [6, 6.07) is 0.802. The zero-order valence-corrected chi connectivity index (χ0v) is 12.9. The third kappa shape index (κ3) is 5.12. The van der Waals surface area contributed by atoms with Gasteiger partial charge in [0.1, 0.15) is 0 Å². The fourth-order valence-electron chi connectivity index (χ4n) is 2.16. The average Bonchev–Trinajstić information content (AvgIpc) is 2.46. The Hall–Kier alpha value is -1.43. The van der Waals surface area contributed by atoms with Crippen molar-refractivity contribution in [3.8, 4) is 0 Å². The molecular formula is C15H25F2N3O. The predicted octanol–water partition coefficient (Wildman–Crippen LogP) is 3.39. The second-order valence-electron chi connectivity index (χ2n) is 5.10. The second-order valence-corrected chi connectivity index (χ2v) is 5.10. The minimum atomic E-state index is -0.758. The first kappa shape index (κ1) is 17.6. The molecule has 0 saturated carbocycles. The fourth-order valence-corrected chi connectivity index (χ4v) is 2.16. The molecule has 0 aromatic carbocycles. The number of pyridine rings is 1. The Kier molecular flexibility index (Phi) is 7.36. The van der Waals surface area contributed by atoms with E-state index in [4.69, 9.17) is 0 Å². The Bertz CT molecular complexity index is 439. The van der Waals surface area contributed by atoms with Crippen LogP contribution in [0.2, 0.25) is 0 Å². The number of halogens is 2. The maximum atomic E-state index is 13.7. The van der Waals surface area contributed by atoms with Crippen molar-refractivity contribution in [2.45, 2.75) is 46.1 Å². The average molecular weight is 301 g/mol. The van der Waals surface area contributed by atoms with E-state index in [2.05, 4.69) is 15.6 Å². The molecule has 4 nitrogen and oxygen atoms in total. The van der Waals surface area contributed by atoms with Gasteiger partial charge in [-0.05, 0) is 12.3 Å². The predicted molar refractivity (Wildman–Crippen MR) is 81.5 cm³/mol. The van der Waals surface area contributed by atoms with E-state index < -0.39 is 17.7 Å². The van der Waals surface area contributed by atoms with Crippen molar-refractivity contribution in [3.05, 3.63) is 17.7 Å². The Morgan fingerprint density at radius 2 is 1.67 bits per heavy atom. The molecule has 1 unspecified atom stereocenters. The molecule has 0 bridgehead atoms. The summed E-state index contributed by atoms with van der Waals surface area (Å²) in [6.45, 7) is 6.70. The number of aliphatic hydroxyl groups excluding tert-OH is 1. The van der Waals surface area contributed by atoms with Gasteiger partial charge in [0.15, 0.2) is 23.3 Å². The lowest BCUT2D eigenvalue weighted by molar-refractivity contribution is 0.114. The van der Waals surface area contributed by atoms with Gasteiger partial charge in [-0.2, -0.15) is 0 Å². The van der Waals surface area contributed by atoms with Crippen LogP contribution < -0.4 is 10.6 Å². The molecule has 21 heavy (non-hydrogen) atoms. The van der Waals surface area contributed by atoms with Crippen molar-refractivity contribution in [2.75, 3.05) is 23.7 Å². The first-order valence-electron chi connectivity index (χ1n) is 7.55. The summed E-state index contributed by atoms with van der Waals surface area (Å²) < 4.78 is 27.2. The largest absolute Gasteiger partial charge is 0.391 e. The molecule has 0 aliphatic heterocycles. The van der Waals surface area contributed by atoms with E-state index >= 15 is 0 Å². The summed E-state index contributed by atoms with van der Waals surface area (Å²) in [5, 5.41) is 15.6. The van der Waals surface area contributed by atoms with Crippen LogP contribution in [0.4, 0.5) is 20.4 Å². The van der Waals surface area contributed by atoms with E-state index in [0.717, 1.165) is 25.3 Å². The Labute approximate surface area is 125 Å². The topological polar surface area (TPSA) is 57.2 Å². The maximum Gasteiger partial charge on any atom is 0.168 e. The molecule has 1 heterocycles. The Balaban J connectivity index is 2.73. The standard InChI is InChI=1S/C15H25F2N3O/c1-4-7-18-14-11(16)8-12(17)15(20-14)19-9-13(21)10(5-2)6-3/h8,10,13,21H,4-7,9H2,1-3H3,(H2,18,19,20). The monoisotopic (exact) mass is 301 g/mol. The molecule has 1 aromatic heterocycles. The number of rotatable bonds is 9. The van der Waals surface area contributed by atoms with Crippen LogP contribution in [0.5, 0.6) is 0 Å². The third-order valence-electron chi connectivity index (χ3n) is 3.54. The van der Waals surface area contributed by atoms with Gasteiger partial charge in [-0.15, -0.1) is 0 Å². The summed E-state index contributed by atoms with van der Waals surface area (Å²) in [6.07, 6.45) is 1.93. The molecule has 0 amide bonds. The smallest absolute Gasteiger partial charge is 0.168 e. The lowest BCUT2D eigenvalue weighted by atomic mass is 9.96. The van der Waals surface area contributed by atoms with Crippen LogP contribution in [0.1, 0.15) is 40.0 Å². The third-order valence-corrected chi connectivity index (χ3v) is 3.54. The normalized spacial score (nSPS) is 12.5. The SMILES string of the molecule is CCCNc1nc(NCC(O)C(CC)CC)c(F)cc1F. The molecule has 120 valence electrons. The van der Waals surface area contributed by atoms with Crippen molar-refractivity contribution in [2.24, 2.45) is 5.92 Å². The van der Waals surface area contributed by atoms with Crippen LogP contribution in [0.3, 0.4) is 0 Å². The Morgan fingerprint density at radius 3 is 2.19 bits per heavy atom. The number of hydrogen-bond acceptors (Lipinski definition) is 4. The second kappa shape index (κ2) is 8.77. The molecule has 0 fully saturated rings. The summed E-state index contributed by atoms with van der Waals surface area (Å²) in [5.41, 5.74) is 0. The quantitative estimate of drug-likeness (QED) is 0.654. The van der Waals surface area contributed by atoms with Crippen molar-refractivity contribution in [3.63, 3.8) is 0 Å². The van der Waals surface area contributed by atoms with Crippen LogP contribution in [0.25, 0.3) is 0 Å². The molecule has 1 rings (SSSR count). The number of nitrogens with one attached hydrogen (secondary N) is 2. The summed E-state index contributed by atoms with van der Waals surface area (Å²) in [5.74, 6) is -1.34. The highest BCUT2D eigenvalue weighted by atomic mass is 19.1. The highest BCUT2D eigenvalue weighted by Crippen LogP contribution is 2.20. The molecule has 1 aromatic rings. The number of hydrogen-bond donors (Lipinski definition) is 3. The molecule has 0 spiro atoms. The zero-order chi connectivity index (χ0) is 15.8. The van der Waals surface area contributed by atoms with E-state index in [1.54, 1.807) is 0 Å². The molecule has 6 heteroatoms. The molecule has 1 atom stereocenters. The number of nitrogens with zero attached hydrogens (tertiary/aromatic N) is 1. The molecule has 3 N–H and O–H groups in total. The lowest BCUT2D eigenvalue weighted by Crippen LogP contribution is -2.28. The maximum absolute atomic E-state index is 13.7. The molecular weight excluding hydrogens is 276 g/mol. The first-order valence-corrected chi connectivity index (χ1v) is 7.55. The van der Waals surface area contributed by atoms with Crippen LogP contribution in [0.15, 0.2) is 6.07 Å². The molecule has 0 aliphatic rings. The number of aliphatic hydroxyl groups is 1. The van der Waals surface area contributed by atoms with Crippen LogP contribution >= 0.6 is 0 Å². The van der Waals surface area contributed by atoms with Gasteiger partial charge in [-0.3, -0.25) is 0 Å². The minimum Gasteiger partial charge on any atom is -0.391 e. The van der Waals surface area contributed by atoms with Gasteiger partial charge < -0.3 is 15.7 Å². The van der Waals surface area contributed by atoms with E-state index in [-0.39, 0.29) is 24.1 Å². The zero-order valence-electron chi connectivity index (χ0n) is 12.9. The minimum absolute atomic E-state index is 0.0257. The Morgan fingerprint density at radius 1 is 1.10 bits per heavy atom. The van der Waals surface area contributed by atoms with Gasteiger partial charge in [-0.1, -0.05) is 33.6 Å². The van der Waals surface area contributed by atoms with E-state index in [1.807, 2.05) is 20.8 Å². The highest BCUT2D eigenvalue weighted by Gasteiger charge is 2.17. The van der Waals surface area contributed by atoms with Crippen LogP contribution in [-0.2, 0) is 0 Å². The molecule has 0 aliphatic carbocycles. The lowest BCUT2D eigenvalue weighted by Gasteiger charge is -2.21. The molecule has 0 radical (unpaired) electrons. The van der Waals surface area contributed by atoms with Gasteiger partial charge in [0.25, 0.3) is 0 Å². The van der Waals surface area contributed by atoms with Crippen LogP contribution in [0, 0.1) is 17.6 Å². The van der Waals surface area contributed by atoms with Crippen molar-refractivity contribution < 1.29 is 13.9 Å². The highest BCUT2D eigenvalue weighted by molar-refractivity contribution is 5.47. The summed E-state index contributed by atoms with van der Waals surface area (Å²) >= 11 is 0. The summed E-state index contributed by atoms with van der Waals surface area (Å²) in [7, 11) is 0. The molecule has 0 saturated heterocycles. The number of aromatic nitrogens is 1. The van der Waals surface area contributed by atoms with E-state index in [9.17, 15) is 13.9 Å². The van der Waals surface area contributed by atoms with Gasteiger partial charge in [-0.25, -0.2) is 13.8 Å². The van der Waals surface area contributed by atoms with Crippen LogP contribution in [-0.4, -0.2) is 29.3 Å². The fraction of sp³-hybridized carbons (Fsp3) is 0.667. The van der Waals surface area contributed by atoms with Crippen molar-refractivity contribution in [1.29, 1.82) is 0 Å². The van der Waals surface area contributed by atoms with Gasteiger partial charge in [0.05, 0.1) is 6.10 Å². The van der Waals surface area contributed by atoms with Crippen molar-refractivity contribution in [1.82, 2.24) is 4.98 Å². The van der Waals surface area contributed by atoms with Gasteiger partial charge >= 0.3 is 0 Å². The summed E-state index contributed by atoms with van der Waals surface area (Å²) in [4.78, 5) is 3.91.